The van der Waals surface area contributed by atoms with Crippen molar-refractivity contribution in [1.82, 2.24) is 0 Å². The maximum absolute atomic E-state index is 11.2. The van der Waals surface area contributed by atoms with Crippen LogP contribution in [-0.4, -0.2) is 30.5 Å². The Morgan fingerprint density at radius 2 is 2.23 bits per heavy atom. The highest BCUT2D eigenvalue weighted by Crippen LogP contribution is 2.19. The van der Waals surface area contributed by atoms with E-state index in [1.165, 1.54) is 12.2 Å². The minimum Gasteiger partial charge on any atom is -0.478 e. The van der Waals surface area contributed by atoms with E-state index in [2.05, 4.69) is 6.58 Å². The van der Waals surface area contributed by atoms with Gasteiger partial charge in [-0.05, 0) is 6.42 Å². The number of carboxylic acid groups (broad SMARTS) is 1. The van der Waals surface area contributed by atoms with Crippen molar-refractivity contribution >= 4 is 15.8 Å². The molecule has 0 saturated carbocycles. The molecule has 0 saturated heterocycles. The van der Waals surface area contributed by atoms with Crippen LogP contribution in [0.15, 0.2) is 24.3 Å². The van der Waals surface area contributed by atoms with E-state index in [9.17, 15) is 13.2 Å². The van der Waals surface area contributed by atoms with Crippen molar-refractivity contribution in [2.45, 2.75) is 11.7 Å². The van der Waals surface area contributed by atoms with Gasteiger partial charge in [-0.1, -0.05) is 18.7 Å². The van der Waals surface area contributed by atoms with Gasteiger partial charge in [-0.15, -0.1) is 0 Å². The summed E-state index contributed by atoms with van der Waals surface area (Å²) in [6, 6.07) is 0. The molecule has 4 nitrogen and oxygen atoms in total. The monoisotopic (exact) mass is 202 g/mol. The fourth-order valence-electron chi connectivity index (χ4n) is 1.11. The molecule has 1 rings (SSSR count). The second-order valence-electron chi connectivity index (χ2n) is 2.91. The van der Waals surface area contributed by atoms with Gasteiger partial charge in [0, 0.05) is 5.57 Å². The summed E-state index contributed by atoms with van der Waals surface area (Å²) in [5, 5.41) is 7.80. The Hall–Kier alpha value is -1.10. The third-order valence-electron chi connectivity index (χ3n) is 1.89. The van der Waals surface area contributed by atoms with Crippen molar-refractivity contribution in [3.63, 3.8) is 0 Å². The summed E-state index contributed by atoms with van der Waals surface area (Å²) in [5.41, 5.74) is -0.0693. The van der Waals surface area contributed by atoms with Crippen LogP contribution in [0.2, 0.25) is 0 Å². The van der Waals surface area contributed by atoms with Gasteiger partial charge in [0.05, 0.1) is 11.0 Å². The smallest absolute Gasteiger partial charge is 0.331 e. The van der Waals surface area contributed by atoms with Crippen LogP contribution in [0.4, 0.5) is 0 Å². The van der Waals surface area contributed by atoms with Crippen LogP contribution < -0.4 is 0 Å². The number of hydrogen-bond acceptors (Lipinski definition) is 3. The molecule has 0 aromatic rings. The molecule has 0 bridgehead atoms. The third kappa shape index (κ3) is 2.18. The summed E-state index contributed by atoms with van der Waals surface area (Å²) in [6.07, 6.45) is 3.03. The van der Waals surface area contributed by atoms with Crippen molar-refractivity contribution in [3.05, 3.63) is 24.3 Å². The van der Waals surface area contributed by atoms with Crippen molar-refractivity contribution < 1.29 is 18.3 Å². The molecule has 1 heterocycles. The Morgan fingerprint density at radius 1 is 1.62 bits per heavy atom. The largest absolute Gasteiger partial charge is 0.478 e. The lowest BCUT2D eigenvalue weighted by molar-refractivity contribution is -0.132. The highest BCUT2D eigenvalue weighted by molar-refractivity contribution is 7.92. The molecule has 0 aliphatic carbocycles. The quantitative estimate of drug-likeness (QED) is 0.530. The fourth-order valence-corrected chi connectivity index (χ4v) is 2.54. The zero-order valence-electron chi connectivity index (χ0n) is 6.93. The molecule has 72 valence electrons. The van der Waals surface area contributed by atoms with E-state index >= 15 is 0 Å². The average Bonchev–Trinajstić information content (AvgIpc) is 2.30. The first-order valence-corrected chi connectivity index (χ1v) is 5.44. The topological polar surface area (TPSA) is 71.4 Å². The van der Waals surface area contributed by atoms with Crippen LogP contribution in [0, 0.1) is 0 Å². The third-order valence-corrected chi connectivity index (χ3v) is 3.79. The van der Waals surface area contributed by atoms with E-state index in [4.69, 9.17) is 5.11 Å². The lowest BCUT2D eigenvalue weighted by Gasteiger charge is -2.06. The first-order chi connectivity index (χ1) is 5.93. The van der Waals surface area contributed by atoms with Gasteiger partial charge in [0.15, 0.2) is 9.84 Å². The normalized spacial score (nSPS) is 24.5. The predicted molar refractivity (Wildman–Crippen MR) is 48.1 cm³/mol. The SMILES string of the molecule is C=C(CC1C=CCS1(=O)=O)C(=O)O. The van der Waals surface area contributed by atoms with E-state index < -0.39 is 21.1 Å². The van der Waals surface area contributed by atoms with Crippen LogP contribution in [0.1, 0.15) is 6.42 Å². The van der Waals surface area contributed by atoms with Gasteiger partial charge in [-0.25, -0.2) is 13.2 Å². The molecule has 0 radical (unpaired) electrons. The Morgan fingerprint density at radius 3 is 2.62 bits per heavy atom. The number of rotatable bonds is 3. The summed E-state index contributed by atoms with van der Waals surface area (Å²) >= 11 is 0. The Bertz CT molecular complexity index is 364. The standard InChI is InChI=1S/C8H10O4S/c1-6(8(9)10)5-7-3-2-4-13(7,11)12/h2-3,7H,1,4-5H2,(H,9,10). The van der Waals surface area contributed by atoms with Gasteiger partial charge < -0.3 is 5.11 Å². The van der Waals surface area contributed by atoms with Crippen molar-refractivity contribution in [2.24, 2.45) is 0 Å². The van der Waals surface area contributed by atoms with Gasteiger partial charge in [-0.2, -0.15) is 0 Å². The summed E-state index contributed by atoms with van der Waals surface area (Å²) in [5.74, 6) is -1.14. The molecule has 0 aromatic carbocycles. The van der Waals surface area contributed by atoms with Crippen molar-refractivity contribution in [2.75, 3.05) is 5.75 Å². The fraction of sp³-hybridized carbons (Fsp3) is 0.375. The molecule has 0 aromatic heterocycles. The number of hydrogen-bond donors (Lipinski definition) is 1. The van der Waals surface area contributed by atoms with E-state index in [0.717, 1.165) is 0 Å². The lowest BCUT2D eigenvalue weighted by atomic mass is 10.1. The van der Waals surface area contributed by atoms with Crippen molar-refractivity contribution in [1.29, 1.82) is 0 Å². The molecule has 0 fully saturated rings. The molecule has 0 spiro atoms. The summed E-state index contributed by atoms with van der Waals surface area (Å²) < 4.78 is 22.4. The molecule has 1 N–H and O–H groups in total. The first kappa shape index (κ1) is 9.98. The number of carboxylic acids is 1. The molecule has 5 heteroatoms. The molecule has 1 atom stereocenters. The number of aliphatic carboxylic acids is 1. The molecule has 1 unspecified atom stereocenters. The zero-order valence-corrected chi connectivity index (χ0v) is 7.75. The van der Waals surface area contributed by atoms with Crippen LogP contribution in [-0.2, 0) is 14.6 Å². The van der Waals surface area contributed by atoms with E-state index in [0.29, 0.717) is 0 Å². The van der Waals surface area contributed by atoms with Gasteiger partial charge >= 0.3 is 5.97 Å². The van der Waals surface area contributed by atoms with Gasteiger partial charge in [0.2, 0.25) is 0 Å². The van der Waals surface area contributed by atoms with E-state index in [1.54, 1.807) is 0 Å². The van der Waals surface area contributed by atoms with Crippen LogP contribution in [0.25, 0.3) is 0 Å². The van der Waals surface area contributed by atoms with Gasteiger partial charge in [0.25, 0.3) is 0 Å². The Balaban J connectivity index is 2.71. The summed E-state index contributed by atoms with van der Waals surface area (Å²) in [4.78, 5) is 10.4. The maximum Gasteiger partial charge on any atom is 0.331 e. The van der Waals surface area contributed by atoms with Crippen LogP contribution in [0.3, 0.4) is 0 Å². The Kier molecular flexibility index (Phi) is 2.56. The highest BCUT2D eigenvalue weighted by atomic mass is 32.2. The summed E-state index contributed by atoms with van der Waals surface area (Å²) in [7, 11) is -3.15. The lowest BCUT2D eigenvalue weighted by Crippen LogP contribution is -2.18. The molecule has 1 aliphatic heterocycles. The first-order valence-electron chi connectivity index (χ1n) is 3.73. The van der Waals surface area contributed by atoms with Gasteiger partial charge in [0.1, 0.15) is 0 Å². The number of carbonyl (C=O) groups is 1. The van der Waals surface area contributed by atoms with E-state index in [1.807, 2.05) is 0 Å². The zero-order chi connectivity index (χ0) is 10.1. The minimum absolute atomic E-state index is 0.00453. The minimum atomic E-state index is -3.15. The maximum atomic E-state index is 11.2. The summed E-state index contributed by atoms with van der Waals surface area (Å²) in [6.45, 7) is 3.29. The number of sulfone groups is 1. The molecular formula is C8H10O4S. The second kappa shape index (κ2) is 3.33. The average molecular weight is 202 g/mol. The van der Waals surface area contributed by atoms with E-state index in [-0.39, 0.29) is 17.7 Å². The Labute approximate surface area is 76.5 Å². The molecule has 0 amide bonds. The molecule has 1 aliphatic rings. The van der Waals surface area contributed by atoms with Crippen LogP contribution >= 0.6 is 0 Å². The molecular weight excluding hydrogens is 192 g/mol. The second-order valence-corrected chi connectivity index (χ2v) is 5.17. The van der Waals surface area contributed by atoms with Gasteiger partial charge in [-0.3, -0.25) is 0 Å². The van der Waals surface area contributed by atoms with Crippen molar-refractivity contribution in [3.8, 4) is 0 Å². The highest BCUT2D eigenvalue weighted by Gasteiger charge is 2.28. The molecule has 13 heavy (non-hydrogen) atoms. The predicted octanol–water partition coefficient (Wildman–Crippen LogP) is 0.370. The van der Waals surface area contributed by atoms with Crippen LogP contribution in [0.5, 0.6) is 0 Å².